The molecule has 0 heterocycles. The lowest BCUT2D eigenvalue weighted by molar-refractivity contribution is -0.119. The van der Waals surface area contributed by atoms with E-state index in [4.69, 9.17) is 11.6 Å². The second-order valence-electron chi connectivity index (χ2n) is 5.36. The monoisotopic (exact) mass is 297 g/mol. The molecule has 1 amide bonds. The van der Waals surface area contributed by atoms with Gasteiger partial charge in [-0.05, 0) is 30.7 Å². The highest BCUT2D eigenvalue weighted by molar-refractivity contribution is 6.30. The van der Waals surface area contributed by atoms with E-state index in [-0.39, 0.29) is 5.91 Å². The Morgan fingerprint density at radius 3 is 2.70 bits per heavy atom. The SMILES string of the molecule is CNCc1ccc(Cl)cc1N(C)CC(=O)NCC(C)C. The quantitative estimate of drug-likeness (QED) is 0.811. The Labute approximate surface area is 126 Å². The summed E-state index contributed by atoms with van der Waals surface area (Å²) in [7, 11) is 3.80. The van der Waals surface area contributed by atoms with Crippen LogP contribution in [0.2, 0.25) is 5.02 Å². The minimum atomic E-state index is 0.0246. The fraction of sp³-hybridized carbons (Fsp3) is 0.533. The van der Waals surface area contributed by atoms with E-state index >= 15 is 0 Å². The summed E-state index contributed by atoms with van der Waals surface area (Å²) >= 11 is 6.05. The standard InChI is InChI=1S/C15H24ClN3O/c1-11(2)8-18-15(20)10-19(4)14-7-13(16)6-5-12(14)9-17-3/h5-7,11,17H,8-10H2,1-4H3,(H,18,20). The molecule has 0 bridgehead atoms. The van der Waals surface area contributed by atoms with E-state index in [2.05, 4.69) is 24.5 Å². The Morgan fingerprint density at radius 2 is 2.10 bits per heavy atom. The van der Waals surface area contributed by atoms with Crippen molar-refractivity contribution in [3.05, 3.63) is 28.8 Å². The van der Waals surface area contributed by atoms with Crippen LogP contribution in [0.1, 0.15) is 19.4 Å². The third-order valence-corrected chi connectivity index (χ3v) is 3.15. The number of likely N-dealkylation sites (N-methyl/N-ethyl adjacent to an activating group) is 1. The lowest BCUT2D eigenvalue weighted by atomic mass is 10.1. The zero-order chi connectivity index (χ0) is 15.1. The molecule has 1 aromatic rings. The second kappa shape index (κ2) is 8.12. The van der Waals surface area contributed by atoms with E-state index in [1.165, 1.54) is 0 Å². The van der Waals surface area contributed by atoms with Gasteiger partial charge >= 0.3 is 0 Å². The van der Waals surface area contributed by atoms with Crippen LogP contribution >= 0.6 is 11.6 Å². The summed E-state index contributed by atoms with van der Waals surface area (Å²) in [4.78, 5) is 13.8. The molecule has 0 saturated carbocycles. The largest absolute Gasteiger partial charge is 0.365 e. The molecule has 0 unspecified atom stereocenters. The van der Waals surface area contributed by atoms with E-state index in [0.29, 0.717) is 24.0 Å². The van der Waals surface area contributed by atoms with E-state index in [1.54, 1.807) is 0 Å². The number of anilines is 1. The number of halogens is 1. The zero-order valence-electron chi connectivity index (χ0n) is 12.7. The van der Waals surface area contributed by atoms with Gasteiger partial charge in [-0.3, -0.25) is 4.79 Å². The third-order valence-electron chi connectivity index (χ3n) is 2.91. The average molecular weight is 298 g/mol. The van der Waals surface area contributed by atoms with E-state index < -0.39 is 0 Å². The van der Waals surface area contributed by atoms with Gasteiger partial charge in [0, 0.05) is 30.8 Å². The van der Waals surface area contributed by atoms with E-state index in [0.717, 1.165) is 17.8 Å². The number of carbonyl (C=O) groups excluding carboxylic acids is 1. The Balaban J connectivity index is 2.73. The van der Waals surface area contributed by atoms with Crippen molar-refractivity contribution < 1.29 is 4.79 Å². The van der Waals surface area contributed by atoms with Crippen LogP contribution in [0.15, 0.2) is 18.2 Å². The van der Waals surface area contributed by atoms with Crippen molar-refractivity contribution in [2.24, 2.45) is 5.92 Å². The first kappa shape index (κ1) is 16.8. The molecule has 20 heavy (non-hydrogen) atoms. The molecule has 112 valence electrons. The van der Waals surface area contributed by atoms with Crippen LogP contribution in [0.4, 0.5) is 5.69 Å². The normalized spacial score (nSPS) is 10.7. The molecule has 0 aliphatic carbocycles. The summed E-state index contributed by atoms with van der Waals surface area (Å²) in [5.41, 5.74) is 2.10. The summed E-state index contributed by atoms with van der Waals surface area (Å²) < 4.78 is 0. The van der Waals surface area contributed by atoms with Gasteiger partial charge < -0.3 is 15.5 Å². The van der Waals surface area contributed by atoms with Crippen LogP contribution in [-0.2, 0) is 11.3 Å². The maximum atomic E-state index is 11.9. The first-order valence-electron chi connectivity index (χ1n) is 6.85. The topological polar surface area (TPSA) is 44.4 Å². The second-order valence-corrected chi connectivity index (χ2v) is 5.79. The Bertz CT molecular complexity index is 449. The van der Waals surface area contributed by atoms with Gasteiger partial charge in [0.15, 0.2) is 0 Å². The summed E-state index contributed by atoms with van der Waals surface area (Å²) in [6.45, 7) is 5.91. The number of hydrogen-bond donors (Lipinski definition) is 2. The van der Waals surface area contributed by atoms with Crippen LogP contribution in [0.5, 0.6) is 0 Å². The van der Waals surface area contributed by atoms with Crippen molar-refractivity contribution in [3.8, 4) is 0 Å². The molecule has 0 radical (unpaired) electrons. The van der Waals surface area contributed by atoms with Crippen molar-refractivity contribution >= 4 is 23.2 Å². The highest BCUT2D eigenvalue weighted by atomic mass is 35.5. The summed E-state index contributed by atoms with van der Waals surface area (Å²) in [6, 6.07) is 5.74. The molecule has 0 fully saturated rings. The van der Waals surface area contributed by atoms with Gasteiger partial charge in [0.2, 0.25) is 5.91 Å². The molecule has 0 aromatic heterocycles. The molecule has 5 heteroatoms. The van der Waals surface area contributed by atoms with Gasteiger partial charge in [-0.1, -0.05) is 31.5 Å². The number of rotatable bonds is 7. The maximum Gasteiger partial charge on any atom is 0.239 e. The predicted octanol–water partition coefficient (Wildman–Crippen LogP) is 2.27. The third kappa shape index (κ3) is 5.39. The number of nitrogens with one attached hydrogen (secondary N) is 2. The molecular weight excluding hydrogens is 274 g/mol. The number of carbonyl (C=O) groups is 1. The first-order chi connectivity index (χ1) is 9.43. The molecule has 0 atom stereocenters. The van der Waals surface area contributed by atoms with Gasteiger partial charge in [0.1, 0.15) is 0 Å². The highest BCUT2D eigenvalue weighted by Gasteiger charge is 2.11. The van der Waals surface area contributed by atoms with Crippen LogP contribution in [-0.4, -0.2) is 33.1 Å². The molecule has 1 rings (SSSR count). The van der Waals surface area contributed by atoms with Gasteiger partial charge in [0.05, 0.1) is 6.54 Å². The van der Waals surface area contributed by atoms with Crippen LogP contribution in [0, 0.1) is 5.92 Å². The molecule has 2 N–H and O–H groups in total. The van der Waals surface area contributed by atoms with Crippen LogP contribution in [0.3, 0.4) is 0 Å². The molecule has 1 aromatic carbocycles. The summed E-state index contributed by atoms with van der Waals surface area (Å²) in [5.74, 6) is 0.479. The van der Waals surface area contributed by atoms with Gasteiger partial charge in [-0.2, -0.15) is 0 Å². The average Bonchev–Trinajstić information content (AvgIpc) is 2.38. The number of hydrogen-bond acceptors (Lipinski definition) is 3. The Morgan fingerprint density at radius 1 is 1.40 bits per heavy atom. The van der Waals surface area contributed by atoms with Crippen LogP contribution in [0.25, 0.3) is 0 Å². The van der Waals surface area contributed by atoms with Crippen molar-refractivity contribution in [2.45, 2.75) is 20.4 Å². The van der Waals surface area contributed by atoms with Crippen molar-refractivity contribution in [3.63, 3.8) is 0 Å². The van der Waals surface area contributed by atoms with E-state index in [1.807, 2.05) is 37.2 Å². The number of benzene rings is 1. The number of amides is 1. The Hall–Kier alpha value is -1.26. The molecular formula is C15H24ClN3O. The molecule has 0 spiro atoms. The Kier molecular flexibility index (Phi) is 6.82. The van der Waals surface area contributed by atoms with Crippen molar-refractivity contribution in [2.75, 3.05) is 32.1 Å². The molecule has 0 saturated heterocycles. The fourth-order valence-corrected chi connectivity index (χ4v) is 2.07. The minimum absolute atomic E-state index is 0.0246. The van der Waals surface area contributed by atoms with E-state index in [9.17, 15) is 4.79 Å². The predicted molar refractivity (Wildman–Crippen MR) is 85.3 cm³/mol. The zero-order valence-corrected chi connectivity index (χ0v) is 13.4. The minimum Gasteiger partial charge on any atom is -0.365 e. The lowest BCUT2D eigenvalue weighted by Gasteiger charge is -2.22. The van der Waals surface area contributed by atoms with Gasteiger partial charge in [0.25, 0.3) is 0 Å². The summed E-state index contributed by atoms with van der Waals surface area (Å²) in [5, 5.41) is 6.72. The smallest absolute Gasteiger partial charge is 0.239 e. The summed E-state index contributed by atoms with van der Waals surface area (Å²) in [6.07, 6.45) is 0. The number of nitrogens with zero attached hydrogens (tertiary/aromatic N) is 1. The lowest BCUT2D eigenvalue weighted by Crippen LogP contribution is -2.37. The maximum absolute atomic E-state index is 11.9. The molecule has 0 aliphatic rings. The molecule has 4 nitrogen and oxygen atoms in total. The fourth-order valence-electron chi connectivity index (χ4n) is 1.91. The van der Waals surface area contributed by atoms with Crippen LogP contribution < -0.4 is 15.5 Å². The van der Waals surface area contributed by atoms with Crippen molar-refractivity contribution in [1.82, 2.24) is 10.6 Å². The first-order valence-corrected chi connectivity index (χ1v) is 7.22. The van der Waals surface area contributed by atoms with Crippen molar-refractivity contribution in [1.29, 1.82) is 0 Å². The molecule has 0 aliphatic heterocycles. The van der Waals surface area contributed by atoms with Gasteiger partial charge in [-0.15, -0.1) is 0 Å². The van der Waals surface area contributed by atoms with Gasteiger partial charge in [-0.25, -0.2) is 0 Å². The highest BCUT2D eigenvalue weighted by Crippen LogP contribution is 2.24.